The first-order chi connectivity index (χ1) is 8.29. The number of para-hydroxylation sites is 2. The van der Waals surface area contributed by atoms with E-state index in [-0.39, 0.29) is 0 Å². The van der Waals surface area contributed by atoms with Crippen molar-refractivity contribution >= 4 is 0 Å². The number of rotatable bonds is 4. The Labute approximate surface area is 107 Å². The Morgan fingerprint density at radius 3 is 1.29 bits per heavy atom. The minimum atomic E-state index is 0.671. The van der Waals surface area contributed by atoms with Crippen molar-refractivity contribution < 1.29 is 9.47 Å². The van der Waals surface area contributed by atoms with Crippen LogP contribution in [0.4, 0.5) is 0 Å². The van der Waals surface area contributed by atoms with E-state index >= 15 is 0 Å². The van der Waals surface area contributed by atoms with Crippen LogP contribution in [0.2, 0.25) is 0 Å². The first-order valence-corrected chi connectivity index (χ1v) is 6.64. The number of hydrogen-bond donors (Lipinski definition) is 0. The summed E-state index contributed by atoms with van der Waals surface area (Å²) < 4.78 is 10.7. The molecule has 0 spiro atoms. The van der Waals surface area contributed by atoms with Crippen molar-refractivity contribution in [1.29, 1.82) is 0 Å². The summed E-state index contributed by atoms with van der Waals surface area (Å²) in [5, 5.41) is 0. The molecule has 0 amide bonds. The van der Waals surface area contributed by atoms with E-state index in [0.29, 0.717) is 13.2 Å². The molecule has 0 saturated carbocycles. The van der Waals surface area contributed by atoms with E-state index in [0.717, 1.165) is 11.5 Å². The molecule has 0 aromatic heterocycles. The Kier molecular flexibility index (Phi) is 15.9. The summed E-state index contributed by atoms with van der Waals surface area (Å²) in [6.07, 6.45) is 1.25. The Balaban J connectivity index is 0. The van der Waals surface area contributed by atoms with Crippen LogP contribution in [0, 0.1) is 0 Å². The van der Waals surface area contributed by atoms with Gasteiger partial charge in [-0.2, -0.15) is 0 Å². The molecule has 1 rings (SSSR count). The summed E-state index contributed by atoms with van der Waals surface area (Å²) >= 11 is 0. The summed E-state index contributed by atoms with van der Waals surface area (Å²) in [7, 11) is 0. The maximum Gasteiger partial charge on any atom is 0.161 e. The molecular weight excluding hydrogens is 212 g/mol. The highest BCUT2D eigenvalue weighted by molar-refractivity contribution is 5.39. The third-order valence-corrected chi connectivity index (χ3v) is 1.45. The smallest absolute Gasteiger partial charge is 0.161 e. The van der Waals surface area contributed by atoms with Gasteiger partial charge in [-0.25, -0.2) is 0 Å². The van der Waals surface area contributed by atoms with Gasteiger partial charge in [0.05, 0.1) is 13.2 Å². The summed E-state index contributed by atoms with van der Waals surface area (Å²) in [6.45, 7) is 13.5. The van der Waals surface area contributed by atoms with Crippen LogP contribution in [0.15, 0.2) is 24.3 Å². The van der Waals surface area contributed by atoms with Gasteiger partial charge in [0.25, 0.3) is 0 Å². The lowest BCUT2D eigenvalue weighted by Crippen LogP contribution is -1.97. The zero-order valence-electron chi connectivity index (χ0n) is 12.2. The standard InChI is InChI=1S/C10H14O2.C3H8.C2H6/c1-3-11-9-7-5-6-8-10(9)12-4-2;1-3-2;1-2/h5-8H,3-4H2,1-2H3;3H2,1-2H3;1-2H3. The first kappa shape index (κ1) is 18.2. The van der Waals surface area contributed by atoms with Gasteiger partial charge >= 0.3 is 0 Å². The third kappa shape index (κ3) is 9.73. The van der Waals surface area contributed by atoms with Crippen molar-refractivity contribution in [3.05, 3.63) is 24.3 Å². The van der Waals surface area contributed by atoms with E-state index in [1.165, 1.54) is 6.42 Å². The Morgan fingerprint density at radius 1 is 0.765 bits per heavy atom. The predicted octanol–water partition coefficient (Wildman–Crippen LogP) is 4.93. The maximum atomic E-state index is 5.36. The molecule has 0 saturated heterocycles. The molecule has 0 radical (unpaired) electrons. The quantitative estimate of drug-likeness (QED) is 0.743. The molecule has 0 aliphatic carbocycles. The van der Waals surface area contributed by atoms with E-state index in [4.69, 9.17) is 9.47 Å². The second-order valence-corrected chi connectivity index (χ2v) is 3.02. The average molecular weight is 240 g/mol. The van der Waals surface area contributed by atoms with Gasteiger partial charge < -0.3 is 9.47 Å². The fraction of sp³-hybridized carbons (Fsp3) is 0.600. The molecule has 1 aromatic rings. The molecular formula is C15H28O2. The highest BCUT2D eigenvalue weighted by atomic mass is 16.5. The van der Waals surface area contributed by atoms with Crippen molar-refractivity contribution in [3.8, 4) is 11.5 Å². The second kappa shape index (κ2) is 14.8. The van der Waals surface area contributed by atoms with Gasteiger partial charge in [-0.15, -0.1) is 0 Å². The lowest BCUT2D eigenvalue weighted by molar-refractivity contribution is 0.288. The van der Waals surface area contributed by atoms with Gasteiger partial charge in [-0.05, 0) is 26.0 Å². The lowest BCUT2D eigenvalue weighted by Gasteiger charge is -2.09. The van der Waals surface area contributed by atoms with Crippen LogP contribution >= 0.6 is 0 Å². The molecule has 0 bridgehead atoms. The molecule has 0 atom stereocenters. The van der Waals surface area contributed by atoms with Crippen molar-refractivity contribution in [1.82, 2.24) is 0 Å². The fourth-order valence-corrected chi connectivity index (χ4v) is 1.000. The molecule has 0 aliphatic heterocycles. The average Bonchev–Trinajstić information content (AvgIpc) is 2.36. The fourth-order valence-electron chi connectivity index (χ4n) is 1.000. The Morgan fingerprint density at radius 2 is 1.06 bits per heavy atom. The van der Waals surface area contributed by atoms with Crippen LogP contribution in [-0.4, -0.2) is 13.2 Å². The van der Waals surface area contributed by atoms with Crippen molar-refractivity contribution in [2.24, 2.45) is 0 Å². The molecule has 2 nitrogen and oxygen atoms in total. The molecule has 17 heavy (non-hydrogen) atoms. The van der Waals surface area contributed by atoms with Crippen LogP contribution < -0.4 is 9.47 Å². The predicted molar refractivity (Wildman–Crippen MR) is 76.1 cm³/mol. The minimum Gasteiger partial charge on any atom is -0.490 e. The molecule has 1 aromatic carbocycles. The normalized spacial score (nSPS) is 8.12. The van der Waals surface area contributed by atoms with E-state index in [1.807, 2.05) is 52.0 Å². The van der Waals surface area contributed by atoms with Gasteiger partial charge in [-0.3, -0.25) is 0 Å². The molecule has 0 unspecified atom stereocenters. The molecule has 0 aliphatic rings. The molecule has 100 valence electrons. The van der Waals surface area contributed by atoms with Gasteiger partial charge in [-0.1, -0.05) is 46.2 Å². The number of benzene rings is 1. The highest BCUT2D eigenvalue weighted by Crippen LogP contribution is 2.25. The summed E-state index contributed by atoms with van der Waals surface area (Å²) in [5.74, 6) is 1.64. The largest absolute Gasteiger partial charge is 0.490 e. The second-order valence-electron chi connectivity index (χ2n) is 3.02. The van der Waals surface area contributed by atoms with Crippen molar-refractivity contribution in [2.75, 3.05) is 13.2 Å². The third-order valence-electron chi connectivity index (χ3n) is 1.45. The lowest BCUT2D eigenvalue weighted by atomic mass is 10.3. The van der Waals surface area contributed by atoms with E-state index in [9.17, 15) is 0 Å². The van der Waals surface area contributed by atoms with Crippen LogP contribution in [0.25, 0.3) is 0 Å². The summed E-state index contributed by atoms with van der Waals surface area (Å²) in [5.41, 5.74) is 0. The zero-order valence-corrected chi connectivity index (χ0v) is 12.2. The van der Waals surface area contributed by atoms with E-state index in [2.05, 4.69) is 13.8 Å². The zero-order chi connectivity index (χ0) is 13.5. The van der Waals surface area contributed by atoms with Gasteiger partial charge in [0.1, 0.15) is 0 Å². The molecule has 0 N–H and O–H groups in total. The number of ether oxygens (including phenoxy) is 2. The number of hydrogen-bond acceptors (Lipinski definition) is 2. The van der Waals surface area contributed by atoms with Gasteiger partial charge in [0, 0.05) is 0 Å². The van der Waals surface area contributed by atoms with Crippen LogP contribution in [0.5, 0.6) is 11.5 Å². The van der Waals surface area contributed by atoms with E-state index in [1.54, 1.807) is 0 Å². The molecule has 0 fully saturated rings. The van der Waals surface area contributed by atoms with E-state index < -0.39 is 0 Å². The Bertz CT molecular complexity index is 221. The Hall–Kier alpha value is -1.18. The van der Waals surface area contributed by atoms with Crippen LogP contribution in [0.1, 0.15) is 48.0 Å². The van der Waals surface area contributed by atoms with Crippen molar-refractivity contribution in [2.45, 2.75) is 48.0 Å². The minimum absolute atomic E-state index is 0.671. The topological polar surface area (TPSA) is 18.5 Å². The van der Waals surface area contributed by atoms with Crippen LogP contribution in [0.3, 0.4) is 0 Å². The monoisotopic (exact) mass is 240 g/mol. The van der Waals surface area contributed by atoms with Gasteiger partial charge in [0.2, 0.25) is 0 Å². The van der Waals surface area contributed by atoms with Crippen LogP contribution in [-0.2, 0) is 0 Å². The highest BCUT2D eigenvalue weighted by Gasteiger charge is 2.00. The molecule has 2 heteroatoms. The van der Waals surface area contributed by atoms with Gasteiger partial charge in [0.15, 0.2) is 11.5 Å². The summed E-state index contributed by atoms with van der Waals surface area (Å²) in [6, 6.07) is 7.70. The van der Waals surface area contributed by atoms with Crippen molar-refractivity contribution in [3.63, 3.8) is 0 Å². The first-order valence-electron chi connectivity index (χ1n) is 6.64. The SMILES string of the molecule is CC.CCC.CCOc1ccccc1OCC. The summed E-state index contributed by atoms with van der Waals surface area (Å²) in [4.78, 5) is 0. The molecule has 0 heterocycles. The maximum absolute atomic E-state index is 5.36.